The van der Waals surface area contributed by atoms with Gasteiger partial charge in [0, 0.05) is 5.69 Å². The largest absolute Gasteiger partial charge is 0.399 e. The van der Waals surface area contributed by atoms with Crippen LogP contribution in [0.3, 0.4) is 0 Å². The second-order valence-corrected chi connectivity index (χ2v) is 4.90. The number of hydrogen-bond donors (Lipinski definition) is 2. The van der Waals surface area contributed by atoms with E-state index in [1.807, 2.05) is 0 Å². The maximum Gasteiger partial charge on any atom is 0.253 e. The first-order valence-corrected chi connectivity index (χ1v) is 6.46. The molecule has 2 rings (SSSR count). The molecule has 0 aliphatic carbocycles. The fourth-order valence-corrected chi connectivity index (χ4v) is 2.05. The molecule has 3 N–H and O–H groups in total. The van der Waals surface area contributed by atoms with Crippen LogP contribution in [0.1, 0.15) is 28.9 Å². The second kappa shape index (κ2) is 5.92. The van der Waals surface area contributed by atoms with Crippen molar-refractivity contribution in [3.8, 4) is 0 Å². The highest BCUT2D eigenvalue weighted by molar-refractivity contribution is 6.34. The van der Waals surface area contributed by atoms with E-state index in [1.54, 1.807) is 31.2 Å². The zero-order chi connectivity index (χ0) is 14.7. The normalized spacial score (nSPS) is 11.9. The second-order valence-electron chi connectivity index (χ2n) is 4.49. The fraction of sp³-hybridized carbons (Fsp3) is 0.133. The van der Waals surface area contributed by atoms with Crippen LogP contribution in [0.15, 0.2) is 42.5 Å². The molecular formula is C15H14ClFN2O. The van der Waals surface area contributed by atoms with Gasteiger partial charge in [0.15, 0.2) is 0 Å². The minimum Gasteiger partial charge on any atom is -0.399 e. The van der Waals surface area contributed by atoms with Gasteiger partial charge in [-0.3, -0.25) is 4.79 Å². The van der Waals surface area contributed by atoms with Crippen LogP contribution in [0.4, 0.5) is 10.1 Å². The molecule has 0 radical (unpaired) electrons. The molecule has 0 bridgehead atoms. The highest BCUT2D eigenvalue weighted by Crippen LogP contribution is 2.20. The molecule has 1 amide bonds. The van der Waals surface area contributed by atoms with Crippen LogP contribution < -0.4 is 11.1 Å². The average Bonchev–Trinajstić information content (AvgIpc) is 2.41. The van der Waals surface area contributed by atoms with Crippen LogP contribution in [0, 0.1) is 5.82 Å². The molecule has 5 heteroatoms. The molecule has 0 saturated heterocycles. The van der Waals surface area contributed by atoms with Crippen LogP contribution in [-0.2, 0) is 0 Å². The lowest BCUT2D eigenvalue weighted by atomic mass is 10.1. The number of anilines is 1. The predicted octanol–water partition coefficient (Wildman–Crippen LogP) is 3.55. The van der Waals surface area contributed by atoms with Gasteiger partial charge in [-0.25, -0.2) is 4.39 Å². The fourth-order valence-electron chi connectivity index (χ4n) is 1.85. The van der Waals surface area contributed by atoms with Crippen LogP contribution in [0.2, 0.25) is 5.02 Å². The van der Waals surface area contributed by atoms with Gasteiger partial charge in [-0.1, -0.05) is 23.7 Å². The Balaban J connectivity index is 2.17. The van der Waals surface area contributed by atoms with Crippen molar-refractivity contribution in [2.24, 2.45) is 0 Å². The molecule has 0 aliphatic rings. The van der Waals surface area contributed by atoms with E-state index in [4.69, 9.17) is 17.3 Å². The summed E-state index contributed by atoms with van der Waals surface area (Å²) in [5.74, 6) is -0.690. The first kappa shape index (κ1) is 14.3. The summed E-state index contributed by atoms with van der Waals surface area (Å²) in [6.45, 7) is 1.77. The van der Waals surface area contributed by atoms with Gasteiger partial charge in [-0.05, 0) is 42.8 Å². The minimum atomic E-state index is -0.348. The summed E-state index contributed by atoms with van der Waals surface area (Å²) in [5, 5.41) is 3.08. The van der Waals surface area contributed by atoms with Crippen molar-refractivity contribution in [3.63, 3.8) is 0 Å². The summed E-state index contributed by atoms with van der Waals surface area (Å²) in [4.78, 5) is 12.1. The Morgan fingerprint density at radius 1 is 1.30 bits per heavy atom. The van der Waals surface area contributed by atoms with Gasteiger partial charge in [-0.2, -0.15) is 0 Å². The molecule has 1 atom stereocenters. The standard InChI is InChI=1S/C15H14ClFN2O/c1-9(10-3-2-4-11(17)7-10)19-15(20)13-8-12(18)5-6-14(13)16/h2-9H,18H2,1H3,(H,19,20). The third kappa shape index (κ3) is 3.27. The van der Waals surface area contributed by atoms with Gasteiger partial charge in [-0.15, -0.1) is 0 Å². The molecule has 0 aliphatic heterocycles. The van der Waals surface area contributed by atoms with E-state index < -0.39 is 0 Å². The highest BCUT2D eigenvalue weighted by atomic mass is 35.5. The smallest absolute Gasteiger partial charge is 0.253 e. The van der Waals surface area contributed by atoms with Crippen LogP contribution in [0.5, 0.6) is 0 Å². The van der Waals surface area contributed by atoms with Crippen molar-refractivity contribution in [1.29, 1.82) is 0 Å². The molecule has 2 aromatic rings. The number of halogens is 2. The Morgan fingerprint density at radius 3 is 2.75 bits per heavy atom. The lowest BCUT2D eigenvalue weighted by Crippen LogP contribution is -2.27. The molecule has 0 spiro atoms. The van der Waals surface area contributed by atoms with Gasteiger partial charge < -0.3 is 11.1 Å². The third-order valence-corrected chi connectivity index (χ3v) is 3.26. The minimum absolute atomic E-state index is 0.301. The predicted molar refractivity (Wildman–Crippen MR) is 78.1 cm³/mol. The number of nitrogens with one attached hydrogen (secondary N) is 1. The molecule has 1 unspecified atom stereocenters. The SMILES string of the molecule is CC(NC(=O)c1cc(N)ccc1Cl)c1cccc(F)c1. The van der Waals surface area contributed by atoms with Crippen molar-refractivity contribution < 1.29 is 9.18 Å². The lowest BCUT2D eigenvalue weighted by Gasteiger charge is -2.15. The van der Waals surface area contributed by atoms with Gasteiger partial charge in [0.25, 0.3) is 5.91 Å². The van der Waals surface area contributed by atoms with Crippen molar-refractivity contribution in [2.45, 2.75) is 13.0 Å². The molecule has 0 saturated carbocycles. The van der Waals surface area contributed by atoms with Gasteiger partial charge >= 0.3 is 0 Å². The third-order valence-electron chi connectivity index (χ3n) is 2.93. The Morgan fingerprint density at radius 2 is 2.05 bits per heavy atom. The van der Waals surface area contributed by atoms with E-state index in [2.05, 4.69) is 5.32 Å². The Hall–Kier alpha value is -2.07. The Bertz CT molecular complexity index is 646. The van der Waals surface area contributed by atoms with E-state index in [-0.39, 0.29) is 17.8 Å². The summed E-state index contributed by atoms with van der Waals surface area (Å²) >= 11 is 5.97. The monoisotopic (exact) mass is 292 g/mol. The zero-order valence-electron chi connectivity index (χ0n) is 10.9. The number of hydrogen-bond acceptors (Lipinski definition) is 2. The number of carbonyl (C=O) groups excluding carboxylic acids is 1. The molecule has 3 nitrogen and oxygen atoms in total. The lowest BCUT2D eigenvalue weighted by molar-refractivity contribution is 0.0940. The van der Waals surface area contributed by atoms with Crippen molar-refractivity contribution in [2.75, 3.05) is 5.73 Å². The van der Waals surface area contributed by atoms with Crippen molar-refractivity contribution >= 4 is 23.2 Å². The van der Waals surface area contributed by atoms with E-state index in [0.29, 0.717) is 21.8 Å². The maximum atomic E-state index is 13.2. The van der Waals surface area contributed by atoms with Gasteiger partial charge in [0.05, 0.1) is 16.6 Å². The van der Waals surface area contributed by atoms with Crippen LogP contribution in [0.25, 0.3) is 0 Å². The maximum absolute atomic E-state index is 13.2. The molecule has 20 heavy (non-hydrogen) atoms. The number of rotatable bonds is 3. The number of amides is 1. The number of nitrogens with two attached hydrogens (primary N) is 1. The Labute approximate surface area is 121 Å². The van der Waals surface area contributed by atoms with Crippen LogP contribution >= 0.6 is 11.6 Å². The summed E-state index contributed by atoms with van der Waals surface area (Å²) in [6, 6.07) is 10.4. The van der Waals surface area contributed by atoms with Gasteiger partial charge in [0.2, 0.25) is 0 Å². The van der Waals surface area contributed by atoms with E-state index in [1.165, 1.54) is 18.2 Å². The molecule has 104 valence electrons. The summed E-state index contributed by atoms with van der Waals surface area (Å²) in [6.07, 6.45) is 0. The molecule has 2 aromatic carbocycles. The molecular weight excluding hydrogens is 279 g/mol. The highest BCUT2D eigenvalue weighted by Gasteiger charge is 2.14. The summed E-state index contributed by atoms with van der Waals surface area (Å²) in [7, 11) is 0. The van der Waals surface area contributed by atoms with Gasteiger partial charge in [0.1, 0.15) is 5.82 Å². The summed E-state index contributed by atoms with van der Waals surface area (Å²) in [5.41, 5.74) is 7.08. The topological polar surface area (TPSA) is 55.1 Å². The van der Waals surface area contributed by atoms with Crippen molar-refractivity contribution in [1.82, 2.24) is 5.32 Å². The zero-order valence-corrected chi connectivity index (χ0v) is 11.6. The Kier molecular flexibility index (Phi) is 4.25. The van der Waals surface area contributed by atoms with Crippen LogP contribution in [-0.4, -0.2) is 5.91 Å². The van der Waals surface area contributed by atoms with E-state index in [0.717, 1.165) is 0 Å². The first-order chi connectivity index (χ1) is 9.47. The van der Waals surface area contributed by atoms with Crippen molar-refractivity contribution in [3.05, 3.63) is 64.4 Å². The average molecular weight is 293 g/mol. The molecule has 0 fully saturated rings. The van der Waals surface area contributed by atoms with E-state index >= 15 is 0 Å². The molecule has 0 aromatic heterocycles. The molecule has 0 heterocycles. The quantitative estimate of drug-likeness (QED) is 0.850. The number of benzene rings is 2. The first-order valence-electron chi connectivity index (χ1n) is 6.08. The van der Waals surface area contributed by atoms with E-state index in [9.17, 15) is 9.18 Å². The number of carbonyl (C=O) groups is 1. The number of nitrogen functional groups attached to an aromatic ring is 1. The summed E-state index contributed by atoms with van der Waals surface area (Å²) < 4.78 is 13.2.